The molecule has 2 rings (SSSR count). The van der Waals surface area contributed by atoms with Crippen molar-refractivity contribution in [1.29, 1.82) is 0 Å². The third-order valence-corrected chi connectivity index (χ3v) is 4.78. The summed E-state index contributed by atoms with van der Waals surface area (Å²) in [5.74, 6) is -1.23. The van der Waals surface area contributed by atoms with Crippen LogP contribution in [0, 0.1) is 6.92 Å². The number of carbonyl (C=O) groups is 2. The van der Waals surface area contributed by atoms with E-state index in [-0.39, 0.29) is 11.9 Å². The predicted octanol–water partition coefficient (Wildman–Crippen LogP) is 2.63. The molecular weight excluding hydrogens is 282 g/mol. The molecule has 0 radical (unpaired) electrons. The number of hydrogen-bond acceptors (Lipinski definition) is 3. The van der Waals surface area contributed by atoms with Crippen LogP contribution in [-0.4, -0.2) is 43.7 Å². The number of rotatable bonds is 5. The highest BCUT2D eigenvalue weighted by Crippen LogP contribution is 2.31. The second kappa shape index (κ2) is 6.10. The topological polar surface area (TPSA) is 75.4 Å². The van der Waals surface area contributed by atoms with Crippen LogP contribution in [0.2, 0.25) is 0 Å². The standard InChI is InChI=1S/C16H25N3O3/c1-5-12(6-2)19-11(3)10-13(17-19)14(20)18-9-7-8-16(18,4)15(21)22/h10,12H,5-9H2,1-4H3,(H,21,22). The maximum Gasteiger partial charge on any atom is 0.329 e. The summed E-state index contributed by atoms with van der Waals surface area (Å²) in [7, 11) is 0. The summed E-state index contributed by atoms with van der Waals surface area (Å²) in [6.45, 7) is 8.21. The third-order valence-electron chi connectivity index (χ3n) is 4.78. The van der Waals surface area contributed by atoms with Gasteiger partial charge in [0.05, 0.1) is 6.04 Å². The van der Waals surface area contributed by atoms with Crippen molar-refractivity contribution in [2.75, 3.05) is 6.54 Å². The normalized spacial score (nSPS) is 21.6. The van der Waals surface area contributed by atoms with Crippen molar-refractivity contribution in [2.24, 2.45) is 0 Å². The highest BCUT2D eigenvalue weighted by Gasteiger charge is 2.46. The van der Waals surface area contributed by atoms with Crippen LogP contribution in [0.25, 0.3) is 0 Å². The van der Waals surface area contributed by atoms with Gasteiger partial charge >= 0.3 is 5.97 Å². The van der Waals surface area contributed by atoms with Crippen molar-refractivity contribution in [3.05, 3.63) is 17.5 Å². The fourth-order valence-corrected chi connectivity index (χ4v) is 3.25. The second-order valence-electron chi connectivity index (χ2n) is 6.23. The van der Waals surface area contributed by atoms with E-state index in [1.54, 1.807) is 13.0 Å². The number of aryl methyl sites for hydroxylation is 1. The number of carbonyl (C=O) groups excluding carboxylic acids is 1. The highest BCUT2D eigenvalue weighted by molar-refractivity contribution is 5.96. The van der Waals surface area contributed by atoms with Gasteiger partial charge in [-0.05, 0) is 45.6 Å². The average molecular weight is 307 g/mol. The maximum atomic E-state index is 12.7. The molecule has 6 heteroatoms. The van der Waals surface area contributed by atoms with Crippen molar-refractivity contribution < 1.29 is 14.7 Å². The van der Waals surface area contributed by atoms with Crippen molar-refractivity contribution in [3.63, 3.8) is 0 Å². The van der Waals surface area contributed by atoms with Gasteiger partial charge in [-0.25, -0.2) is 4.79 Å². The molecule has 1 atom stereocenters. The first kappa shape index (κ1) is 16.5. The molecule has 0 aliphatic carbocycles. The van der Waals surface area contributed by atoms with Crippen LogP contribution in [0.3, 0.4) is 0 Å². The Morgan fingerprint density at radius 1 is 1.41 bits per heavy atom. The third kappa shape index (κ3) is 2.62. The number of aromatic nitrogens is 2. The molecular formula is C16H25N3O3. The van der Waals surface area contributed by atoms with E-state index in [1.807, 2.05) is 11.6 Å². The van der Waals surface area contributed by atoms with Crippen molar-refractivity contribution >= 4 is 11.9 Å². The summed E-state index contributed by atoms with van der Waals surface area (Å²) < 4.78 is 1.89. The molecule has 1 N–H and O–H groups in total. The predicted molar refractivity (Wildman–Crippen MR) is 82.9 cm³/mol. The van der Waals surface area contributed by atoms with Crippen LogP contribution in [0.5, 0.6) is 0 Å². The Bertz CT molecular complexity index is 577. The molecule has 1 unspecified atom stereocenters. The second-order valence-corrected chi connectivity index (χ2v) is 6.23. The Morgan fingerprint density at radius 2 is 2.05 bits per heavy atom. The number of carboxylic acids is 1. The first-order chi connectivity index (χ1) is 10.3. The van der Waals surface area contributed by atoms with Crippen LogP contribution in [0.1, 0.15) is 68.7 Å². The van der Waals surface area contributed by atoms with Crippen molar-refractivity contribution in [2.45, 2.75) is 65.0 Å². The molecule has 22 heavy (non-hydrogen) atoms. The molecule has 6 nitrogen and oxygen atoms in total. The van der Waals surface area contributed by atoms with Gasteiger partial charge < -0.3 is 10.0 Å². The molecule has 0 spiro atoms. The molecule has 0 saturated carbocycles. The van der Waals surface area contributed by atoms with E-state index in [1.165, 1.54) is 4.90 Å². The number of hydrogen-bond donors (Lipinski definition) is 1. The van der Waals surface area contributed by atoms with Gasteiger partial charge in [0.25, 0.3) is 5.91 Å². The summed E-state index contributed by atoms with van der Waals surface area (Å²) in [4.78, 5) is 25.7. The Kier molecular flexibility index (Phi) is 4.58. The minimum absolute atomic E-state index is 0.269. The Hall–Kier alpha value is -1.85. The van der Waals surface area contributed by atoms with E-state index in [2.05, 4.69) is 18.9 Å². The quantitative estimate of drug-likeness (QED) is 0.907. The Labute approximate surface area is 131 Å². The first-order valence-electron chi connectivity index (χ1n) is 7.96. The summed E-state index contributed by atoms with van der Waals surface area (Å²) >= 11 is 0. The number of aliphatic carboxylic acids is 1. The van der Waals surface area contributed by atoms with E-state index in [4.69, 9.17) is 0 Å². The van der Waals surface area contributed by atoms with Gasteiger partial charge in [-0.15, -0.1) is 0 Å². The fraction of sp³-hybridized carbons (Fsp3) is 0.688. The van der Waals surface area contributed by atoms with E-state index in [0.717, 1.165) is 18.5 Å². The zero-order chi connectivity index (χ0) is 16.5. The molecule has 1 amide bonds. The van der Waals surface area contributed by atoms with E-state index in [0.29, 0.717) is 25.1 Å². The fourth-order valence-electron chi connectivity index (χ4n) is 3.25. The SMILES string of the molecule is CCC(CC)n1nc(C(=O)N2CCCC2(C)C(=O)O)cc1C. The lowest BCUT2D eigenvalue weighted by Crippen LogP contribution is -2.50. The summed E-state index contributed by atoms with van der Waals surface area (Å²) in [6, 6.07) is 2.03. The van der Waals surface area contributed by atoms with Gasteiger partial charge in [-0.2, -0.15) is 5.10 Å². The zero-order valence-corrected chi connectivity index (χ0v) is 13.8. The summed E-state index contributed by atoms with van der Waals surface area (Å²) in [5.41, 5.74) is 0.163. The lowest BCUT2D eigenvalue weighted by atomic mass is 9.99. The van der Waals surface area contributed by atoms with Crippen molar-refractivity contribution in [3.8, 4) is 0 Å². The molecule has 1 fully saturated rings. The van der Waals surface area contributed by atoms with Crippen LogP contribution >= 0.6 is 0 Å². The summed E-state index contributed by atoms with van der Waals surface area (Å²) in [5, 5.41) is 13.9. The average Bonchev–Trinajstić information content (AvgIpc) is 3.05. The van der Waals surface area contributed by atoms with Gasteiger partial charge in [0, 0.05) is 12.2 Å². The molecule has 1 aromatic rings. The molecule has 1 aliphatic heterocycles. The van der Waals surface area contributed by atoms with Gasteiger partial charge in [0.15, 0.2) is 5.69 Å². The summed E-state index contributed by atoms with van der Waals surface area (Å²) in [6.07, 6.45) is 3.09. The van der Waals surface area contributed by atoms with Crippen LogP contribution < -0.4 is 0 Å². The molecule has 1 aromatic heterocycles. The Balaban J connectivity index is 2.31. The van der Waals surface area contributed by atoms with E-state index in [9.17, 15) is 14.7 Å². The maximum absolute atomic E-state index is 12.7. The first-order valence-corrected chi connectivity index (χ1v) is 7.96. The number of nitrogens with zero attached hydrogens (tertiary/aromatic N) is 3. The molecule has 0 aromatic carbocycles. The minimum Gasteiger partial charge on any atom is -0.480 e. The minimum atomic E-state index is -1.12. The smallest absolute Gasteiger partial charge is 0.329 e. The zero-order valence-electron chi connectivity index (χ0n) is 13.8. The van der Waals surface area contributed by atoms with E-state index >= 15 is 0 Å². The lowest BCUT2D eigenvalue weighted by molar-refractivity contribution is -0.147. The monoisotopic (exact) mass is 307 g/mol. The van der Waals surface area contributed by atoms with Crippen LogP contribution in [0.15, 0.2) is 6.07 Å². The molecule has 122 valence electrons. The number of amides is 1. The molecule has 2 heterocycles. The number of likely N-dealkylation sites (tertiary alicyclic amines) is 1. The number of carboxylic acid groups (broad SMARTS) is 1. The van der Waals surface area contributed by atoms with Gasteiger partial charge in [-0.1, -0.05) is 13.8 Å². The van der Waals surface area contributed by atoms with Crippen LogP contribution in [-0.2, 0) is 4.79 Å². The highest BCUT2D eigenvalue weighted by atomic mass is 16.4. The molecule has 1 aliphatic rings. The van der Waals surface area contributed by atoms with Gasteiger partial charge in [0.2, 0.25) is 0 Å². The largest absolute Gasteiger partial charge is 0.480 e. The van der Waals surface area contributed by atoms with Crippen molar-refractivity contribution in [1.82, 2.24) is 14.7 Å². The van der Waals surface area contributed by atoms with E-state index < -0.39 is 11.5 Å². The molecule has 0 bridgehead atoms. The van der Waals surface area contributed by atoms with Gasteiger partial charge in [-0.3, -0.25) is 9.48 Å². The lowest BCUT2D eigenvalue weighted by Gasteiger charge is -2.30. The van der Waals surface area contributed by atoms with Crippen LogP contribution in [0.4, 0.5) is 0 Å². The Morgan fingerprint density at radius 3 is 2.59 bits per heavy atom. The molecule has 1 saturated heterocycles. The van der Waals surface area contributed by atoms with Gasteiger partial charge in [0.1, 0.15) is 5.54 Å².